The van der Waals surface area contributed by atoms with Gasteiger partial charge in [-0.2, -0.15) is 0 Å². The van der Waals surface area contributed by atoms with Crippen LogP contribution in [0.2, 0.25) is 0 Å². The Balaban J connectivity index is 1.98. The summed E-state index contributed by atoms with van der Waals surface area (Å²) in [6, 6.07) is 2.69. The maximum Gasteiger partial charge on any atom is 0.183 e. The highest BCUT2D eigenvalue weighted by atomic mass is 79.9. The van der Waals surface area contributed by atoms with Crippen molar-refractivity contribution in [2.24, 2.45) is 0 Å². The smallest absolute Gasteiger partial charge is 0.183 e. The Kier molecular flexibility index (Phi) is 4.47. The Morgan fingerprint density at radius 2 is 2.38 bits per heavy atom. The first-order chi connectivity index (χ1) is 7.70. The zero-order valence-electron chi connectivity index (χ0n) is 9.30. The van der Waals surface area contributed by atoms with E-state index in [0.717, 1.165) is 28.0 Å². The van der Waals surface area contributed by atoms with Crippen molar-refractivity contribution in [1.82, 2.24) is 10.2 Å². The first-order valence-electron chi connectivity index (χ1n) is 5.53. The van der Waals surface area contributed by atoms with Crippen molar-refractivity contribution >= 4 is 31.9 Å². The Morgan fingerprint density at radius 3 is 3.00 bits per heavy atom. The number of likely N-dealkylation sites (tertiary alicyclic amines) is 1. The van der Waals surface area contributed by atoms with Gasteiger partial charge in [0.1, 0.15) is 5.76 Å². The molecule has 1 aromatic heterocycles. The summed E-state index contributed by atoms with van der Waals surface area (Å²) in [5.41, 5.74) is 0. The molecule has 0 bridgehead atoms. The van der Waals surface area contributed by atoms with Gasteiger partial charge in [0.2, 0.25) is 0 Å². The summed E-state index contributed by atoms with van der Waals surface area (Å²) in [4.78, 5) is 2.48. The predicted molar refractivity (Wildman–Crippen MR) is 71.5 cm³/mol. The zero-order chi connectivity index (χ0) is 11.5. The van der Waals surface area contributed by atoms with Crippen LogP contribution in [0.1, 0.15) is 18.6 Å². The summed E-state index contributed by atoms with van der Waals surface area (Å²) >= 11 is 6.81. The first kappa shape index (κ1) is 12.6. The average Bonchev–Trinajstić information content (AvgIpc) is 2.77. The number of likely N-dealkylation sites (N-methyl/N-ethyl adjacent to an activating group) is 1. The van der Waals surface area contributed by atoms with Crippen molar-refractivity contribution in [2.45, 2.75) is 25.4 Å². The Bertz CT molecular complexity index is 334. The van der Waals surface area contributed by atoms with Crippen LogP contribution in [0.25, 0.3) is 0 Å². The molecule has 2 heterocycles. The minimum absolute atomic E-state index is 0.646. The molecule has 90 valence electrons. The molecule has 1 aliphatic heterocycles. The van der Waals surface area contributed by atoms with Crippen LogP contribution in [-0.4, -0.2) is 31.1 Å². The van der Waals surface area contributed by atoms with E-state index in [1.54, 1.807) is 0 Å². The topological polar surface area (TPSA) is 28.4 Å². The SMILES string of the molecule is CNCC1CCCN1Cc1cc(Br)c(Br)o1. The summed E-state index contributed by atoms with van der Waals surface area (Å²) < 4.78 is 7.39. The third-order valence-electron chi connectivity index (χ3n) is 2.99. The van der Waals surface area contributed by atoms with E-state index >= 15 is 0 Å². The molecule has 1 saturated heterocycles. The molecular formula is C11H16Br2N2O. The van der Waals surface area contributed by atoms with E-state index in [4.69, 9.17) is 4.42 Å². The summed E-state index contributed by atoms with van der Waals surface area (Å²) in [6.07, 6.45) is 2.57. The number of hydrogen-bond acceptors (Lipinski definition) is 3. The molecule has 0 spiro atoms. The molecule has 2 rings (SSSR count). The van der Waals surface area contributed by atoms with Gasteiger partial charge in [-0.3, -0.25) is 4.90 Å². The monoisotopic (exact) mass is 350 g/mol. The van der Waals surface area contributed by atoms with Crippen LogP contribution in [0.5, 0.6) is 0 Å². The van der Waals surface area contributed by atoms with Crippen LogP contribution in [0.4, 0.5) is 0 Å². The van der Waals surface area contributed by atoms with Crippen LogP contribution >= 0.6 is 31.9 Å². The highest BCUT2D eigenvalue weighted by Crippen LogP contribution is 2.28. The lowest BCUT2D eigenvalue weighted by Crippen LogP contribution is -2.36. The first-order valence-corrected chi connectivity index (χ1v) is 7.11. The molecule has 1 aliphatic rings. The normalized spacial score (nSPS) is 21.8. The molecule has 16 heavy (non-hydrogen) atoms. The number of halogens is 2. The van der Waals surface area contributed by atoms with Crippen LogP contribution in [0, 0.1) is 0 Å². The van der Waals surface area contributed by atoms with E-state index in [9.17, 15) is 0 Å². The summed E-state index contributed by atoms with van der Waals surface area (Å²) in [7, 11) is 2.01. The second kappa shape index (κ2) is 5.67. The highest BCUT2D eigenvalue weighted by Gasteiger charge is 2.24. The second-order valence-electron chi connectivity index (χ2n) is 4.16. The van der Waals surface area contributed by atoms with Gasteiger partial charge in [-0.1, -0.05) is 0 Å². The fourth-order valence-corrected chi connectivity index (χ4v) is 2.90. The third kappa shape index (κ3) is 2.88. The zero-order valence-corrected chi connectivity index (χ0v) is 12.5. The van der Waals surface area contributed by atoms with E-state index in [1.807, 2.05) is 13.1 Å². The molecule has 0 saturated carbocycles. The molecule has 1 aromatic rings. The van der Waals surface area contributed by atoms with E-state index in [1.165, 1.54) is 19.4 Å². The Labute approximate surface area is 113 Å². The van der Waals surface area contributed by atoms with E-state index in [-0.39, 0.29) is 0 Å². The number of hydrogen-bond donors (Lipinski definition) is 1. The highest BCUT2D eigenvalue weighted by molar-refractivity contribution is 9.13. The predicted octanol–water partition coefficient (Wildman–Crippen LogP) is 2.99. The lowest BCUT2D eigenvalue weighted by atomic mass is 10.2. The van der Waals surface area contributed by atoms with E-state index in [0.29, 0.717) is 6.04 Å². The molecule has 0 aromatic carbocycles. The third-order valence-corrected chi connectivity index (χ3v) is 4.70. The second-order valence-corrected chi connectivity index (χ2v) is 5.73. The van der Waals surface area contributed by atoms with Crippen molar-refractivity contribution in [3.63, 3.8) is 0 Å². The van der Waals surface area contributed by atoms with Crippen molar-refractivity contribution in [3.8, 4) is 0 Å². The Hall–Kier alpha value is 0.160. The van der Waals surface area contributed by atoms with Gasteiger partial charge in [0.15, 0.2) is 4.67 Å². The van der Waals surface area contributed by atoms with Gasteiger partial charge in [0.25, 0.3) is 0 Å². The molecule has 1 atom stereocenters. The molecule has 5 heteroatoms. The van der Waals surface area contributed by atoms with Gasteiger partial charge >= 0.3 is 0 Å². The number of nitrogens with zero attached hydrogens (tertiary/aromatic N) is 1. The molecule has 1 N–H and O–H groups in total. The maximum absolute atomic E-state index is 5.61. The summed E-state index contributed by atoms with van der Waals surface area (Å²) in [5.74, 6) is 1.02. The number of rotatable bonds is 4. The quantitative estimate of drug-likeness (QED) is 0.903. The van der Waals surface area contributed by atoms with Gasteiger partial charge < -0.3 is 9.73 Å². The fourth-order valence-electron chi connectivity index (χ4n) is 2.24. The minimum Gasteiger partial charge on any atom is -0.452 e. The molecule has 0 amide bonds. The average molecular weight is 352 g/mol. The Morgan fingerprint density at radius 1 is 1.56 bits per heavy atom. The van der Waals surface area contributed by atoms with Gasteiger partial charge in [0.05, 0.1) is 11.0 Å². The molecule has 0 aliphatic carbocycles. The van der Waals surface area contributed by atoms with Crippen molar-refractivity contribution < 1.29 is 4.42 Å². The fraction of sp³-hybridized carbons (Fsp3) is 0.636. The van der Waals surface area contributed by atoms with Crippen LogP contribution in [-0.2, 0) is 6.54 Å². The molecule has 1 unspecified atom stereocenters. The standard InChI is InChI=1S/C11H16Br2N2O/c1-14-6-8-3-2-4-15(8)7-9-5-10(12)11(13)16-9/h5,8,14H,2-4,6-7H2,1H3. The maximum atomic E-state index is 5.61. The molecular weight excluding hydrogens is 336 g/mol. The van der Waals surface area contributed by atoms with Crippen LogP contribution in [0.15, 0.2) is 19.6 Å². The van der Waals surface area contributed by atoms with E-state index < -0.39 is 0 Å². The number of furan rings is 1. The van der Waals surface area contributed by atoms with Gasteiger partial charge in [-0.25, -0.2) is 0 Å². The van der Waals surface area contributed by atoms with Crippen LogP contribution < -0.4 is 5.32 Å². The van der Waals surface area contributed by atoms with Gasteiger partial charge in [-0.15, -0.1) is 0 Å². The van der Waals surface area contributed by atoms with Gasteiger partial charge in [0, 0.05) is 12.6 Å². The van der Waals surface area contributed by atoms with Crippen molar-refractivity contribution in [3.05, 3.63) is 21.0 Å². The number of nitrogens with one attached hydrogen (secondary N) is 1. The minimum atomic E-state index is 0.646. The lowest BCUT2D eigenvalue weighted by Gasteiger charge is -2.22. The largest absolute Gasteiger partial charge is 0.452 e. The molecule has 0 radical (unpaired) electrons. The van der Waals surface area contributed by atoms with Gasteiger partial charge in [-0.05, 0) is 64.4 Å². The summed E-state index contributed by atoms with van der Waals surface area (Å²) in [5, 5.41) is 3.25. The lowest BCUT2D eigenvalue weighted by molar-refractivity contribution is 0.222. The summed E-state index contributed by atoms with van der Waals surface area (Å²) in [6.45, 7) is 3.13. The van der Waals surface area contributed by atoms with E-state index in [2.05, 4.69) is 42.1 Å². The molecule has 3 nitrogen and oxygen atoms in total. The van der Waals surface area contributed by atoms with Crippen LogP contribution in [0.3, 0.4) is 0 Å². The molecule has 1 fully saturated rings. The van der Waals surface area contributed by atoms with Crippen molar-refractivity contribution in [1.29, 1.82) is 0 Å². The van der Waals surface area contributed by atoms with Crippen molar-refractivity contribution in [2.75, 3.05) is 20.1 Å².